The lowest BCUT2D eigenvalue weighted by molar-refractivity contribution is 0.0913. The minimum atomic E-state index is 0.0430. The van der Waals surface area contributed by atoms with E-state index in [1.54, 1.807) is 0 Å². The Balaban J connectivity index is 1.62. The van der Waals surface area contributed by atoms with Crippen molar-refractivity contribution < 1.29 is 4.79 Å². The van der Waals surface area contributed by atoms with Gasteiger partial charge in [-0.25, -0.2) is 0 Å². The van der Waals surface area contributed by atoms with E-state index in [9.17, 15) is 4.79 Å². The summed E-state index contributed by atoms with van der Waals surface area (Å²) in [4.78, 5) is 18.1. The van der Waals surface area contributed by atoms with E-state index in [0.717, 1.165) is 42.4 Å². The Labute approximate surface area is 125 Å². The molecular weight excluding hydrogens is 262 g/mol. The van der Waals surface area contributed by atoms with Crippen molar-refractivity contribution >= 4 is 16.8 Å². The van der Waals surface area contributed by atoms with Crippen LogP contribution in [0, 0.1) is 0 Å². The Morgan fingerprint density at radius 1 is 1.33 bits per heavy atom. The number of fused-ring (bicyclic) bond motifs is 1. The van der Waals surface area contributed by atoms with Crippen LogP contribution in [0.1, 0.15) is 36.5 Å². The summed E-state index contributed by atoms with van der Waals surface area (Å²) in [6, 6.07) is 8.24. The highest BCUT2D eigenvalue weighted by atomic mass is 16.1. The molecule has 1 aliphatic heterocycles. The Hall–Kier alpha value is -1.81. The van der Waals surface area contributed by atoms with Crippen LogP contribution >= 0.6 is 0 Å². The summed E-state index contributed by atoms with van der Waals surface area (Å²) in [6.45, 7) is 5.56. The van der Waals surface area contributed by atoms with Gasteiger partial charge in [-0.1, -0.05) is 25.1 Å². The zero-order valence-corrected chi connectivity index (χ0v) is 12.6. The first-order chi connectivity index (χ1) is 10.3. The number of likely N-dealkylation sites (tertiary alicyclic amines) is 1. The number of hydrogen-bond acceptors (Lipinski definition) is 2. The molecule has 0 aliphatic carbocycles. The topological polar surface area (TPSA) is 48.1 Å². The van der Waals surface area contributed by atoms with E-state index in [4.69, 9.17) is 0 Å². The minimum absolute atomic E-state index is 0.0430. The number of piperidine rings is 1. The molecule has 4 nitrogen and oxygen atoms in total. The van der Waals surface area contributed by atoms with Crippen molar-refractivity contribution in [3.63, 3.8) is 0 Å². The second-order valence-electron chi connectivity index (χ2n) is 5.84. The van der Waals surface area contributed by atoms with Crippen molar-refractivity contribution in [2.45, 2.75) is 32.2 Å². The molecule has 2 heterocycles. The van der Waals surface area contributed by atoms with Crippen LogP contribution in [-0.2, 0) is 0 Å². The molecule has 0 unspecified atom stereocenters. The van der Waals surface area contributed by atoms with Crippen molar-refractivity contribution in [2.75, 3.05) is 19.6 Å². The SMILES string of the molecule is CCCN1CCC(NC(=O)c2c[nH]c3ccccc23)CC1. The fraction of sp³-hybridized carbons (Fsp3) is 0.471. The van der Waals surface area contributed by atoms with Crippen LogP contribution in [0.4, 0.5) is 0 Å². The van der Waals surface area contributed by atoms with E-state index in [1.165, 1.54) is 13.0 Å². The van der Waals surface area contributed by atoms with Gasteiger partial charge >= 0.3 is 0 Å². The van der Waals surface area contributed by atoms with E-state index in [1.807, 2.05) is 30.5 Å². The van der Waals surface area contributed by atoms with Gasteiger partial charge in [-0.15, -0.1) is 0 Å². The zero-order chi connectivity index (χ0) is 14.7. The van der Waals surface area contributed by atoms with Crippen LogP contribution in [0.15, 0.2) is 30.5 Å². The number of para-hydroxylation sites is 1. The summed E-state index contributed by atoms with van der Waals surface area (Å²) < 4.78 is 0. The van der Waals surface area contributed by atoms with Gasteiger partial charge in [0.15, 0.2) is 0 Å². The fourth-order valence-electron chi connectivity index (χ4n) is 3.14. The summed E-state index contributed by atoms with van der Waals surface area (Å²) in [6.07, 6.45) is 5.11. The van der Waals surface area contributed by atoms with E-state index in [2.05, 4.69) is 22.1 Å². The van der Waals surface area contributed by atoms with E-state index < -0.39 is 0 Å². The van der Waals surface area contributed by atoms with Crippen molar-refractivity contribution in [3.8, 4) is 0 Å². The molecule has 1 aromatic heterocycles. The molecule has 0 saturated carbocycles. The van der Waals surface area contributed by atoms with Gasteiger partial charge in [0.25, 0.3) is 5.91 Å². The number of aromatic amines is 1. The molecule has 0 atom stereocenters. The Bertz CT molecular complexity index is 611. The maximum Gasteiger partial charge on any atom is 0.253 e. The quantitative estimate of drug-likeness (QED) is 0.907. The van der Waals surface area contributed by atoms with Crippen molar-refractivity contribution in [1.82, 2.24) is 15.2 Å². The fourth-order valence-corrected chi connectivity index (χ4v) is 3.14. The maximum absolute atomic E-state index is 12.5. The van der Waals surface area contributed by atoms with Crippen molar-refractivity contribution in [1.29, 1.82) is 0 Å². The average molecular weight is 285 g/mol. The van der Waals surface area contributed by atoms with E-state index in [-0.39, 0.29) is 5.91 Å². The first-order valence-corrected chi connectivity index (χ1v) is 7.87. The minimum Gasteiger partial charge on any atom is -0.360 e. The van der Waals surface area contributed by atoms with E-state index >= 15 is 0 Å². The van der Waals surface area contributed by atoms with Crippen LogP contribution < -0.4 is 5.32 Å². The Kier molecular flexibility index (Phi) is 4.25. The highest BCUT2D eigenvalue weighted by molar-refractivity contribution is 6.06. The molecule has 4 heteroatoms. The van der Waals surface area contributed by atoms with Crippen LogP contribution in [0.5, 0.6) is 0 Å². The second kappa shape index (κ2) is 6.31. The molecule has 112 valence electrons. The molecular formula is C17H23N3O. The number of amides is 1. The van der Waals surface area contributed by atoms with Crippen LogP contribution in [0.25, 0.3) is 10.9 Å². The number of H-pyrrole nitrogens is 1. The molecule has 2 aromatic rings. The van der Waals surface area contributed by atoms with Crippen molar-refractivity contribution in [3.05, 3.63) is 36.0 Å². The van der Waals surface area contributed by atoms with Crippen molar-refractivity contribution in [2.24, 2.45) is 0 Å². The van der Waals surface area contributed by atoms with Gasteiger partial charge < -0.3 is 15.2 Å². The summed E-state index contributed by atoms with van der Waals surface area (Å²) in [5.74, 6) is 0.0430. The largest absolute Gasteiger partial charge is 0.360 e. The molecule has 0 bridgehead atoms. The molecule has 3 rings (SSSR count). The second-order valence-corrected chi connectivity index (χ2v) is 5.84. The first kappa shape index (κ1) is 14.1. The Morgan fingerprint density at radius 3 is 2.86 bits per heavy atom. The van der Waals surface area contributed by atoms with Gasteiger partial charge in [-0.05, 0) is 31.9 Å². The highest BCUT2D eigenvalue weighted by Gasteiger charge is 2.21. The molecule has 1 saturated heterocycles. The molecule has 0 radical (unpaired) electrons. The molecule has 1 aromatic carbocycles. The molecule has 2 N–H and O–H groups in total. The van der Waals surface area contributed by atoms with Gasteiger partial charge in [0.05, 0.1) is 5.56 Å². The third-order valence-corrected chi connectivity index (χ3v) is 4.30. The first-order valence-electron chi connectivity index (χ1n) is 7.87. The number of nitrogens with zero attached hydrogens (tertiary/aromatic N) is 1. The van der Waals surface area contributed by atoms with Gasteiger partial charge in [0, 0.05) is 36.2 Å². The number of carbonyl (C=O) groups excluding carboxylic acids is 1. The molecule has 1 aliphatic rings. The standard InChI is InChI=1S/C17H23N3O/c1-2-9-20-10-7-13(8-11-20)19-17(21)15-12-18-16-6-4-3-5-14(15)16/h3-6,12-13,18H,2,7-11H2,1H3,(H,19,21). The third-order valence-electron chi connectivity index (χ3n) is 4.30. The molecule has 0 spiro atoms. The van der Waals surface area contributed by atoms with E-state index in [0.29, 0.717) is 6.04 Å². The number of benzene rings is 1. The number of hydrogen-bond donors (Lipinski definition) is 2. The lowest BCUT2D eigenvalue weighted by Crippen LogP contribution is -2.44. The summed E-state index contributed by atoms with van der Waals surface area (Å²) >= 11 is 0. The summed E-state index contributed by atoms with van der Waals surface area (Å²) in [5.41, 5.74) is 1.77. The lowest BCUT2D eigenvalue weighted by Gasteiger charge is -2.32. The smallest absolute Gasteiger partial charge is 0.253 e. The third kappa shape index (κ3) is 3.10. The maximum atomic E-state index is 12.5. The normalized spacial score (nSPS) is 17.2. The summed E-state index contributed by atoms with van der Waals surface area (Å²) in [7, 11) is 0. The van der Waals surface area contributed by atoms with Crippen LogP contribution in [0.3, 0.4) is 0 Å². The lowest BCUT2D eigenvalue weighted by atomic mass is 10.0. The number of aromatic nitrogens is 1. The summed E-state index contributed by atoms with van der Waals surface area (Å²) in [5, 5.41) is 4.19. The number of carbonyl (C=O) groups is 1. The monoisotopic (exact) mass is 285 g/mol. The molecule has 21 heavy (non-hydrogen) atoms. The molecule has 1 amide bonds. The Morgan fingerprint density at radius 2 is 2.10 bits per heavy atom. The van der Waals surface area contributed by atoms with Crippen LogP contribution in [-0.4, -0.2) is 41.5 Å². The van der Waals surface area contributed by atoms with Gasteiger partial charge in [-0.2, -0.15) is 0 Å². The van der Waals surface area contributed by atoms with Gasteiger partial charge in [0.2, 0.25) is 0 Å². The highest BCUT2D eigenvalue weighted by Crippen LogP contribution is 2.18. The average Bonchev–Trinajstić information content (AvgIpc) is 2.93. The molecule has 1 fully saturated rings. The predicted molar refractivity (Wildman–Crippen MR) is 85.5 cm³/mol. The number of rotatable bonds is 4. The predicted octanol–water partition coefficient (Wildman–Crippen LogP) is 2.77. The van der Waals surface area contributed by atoms with Gasteiger partial charge in [0.1, 0.15) is 0 Å². The zero-order valence-electron chi connectivity index (χ0n) is 12.6. The van der Waals surface area contributed by atoms with Crippen LogP contribution in [0.2, 0.25) is 0 Å². The van der Waals surface area contributed by atoms with Gasteiger partial charge in [-0.3, -0.25) is 4.79 Å². The number of nitrogens with one attached hydrogen (secondary N) is 2.